The number of hydrogen-bond acceptors (Lipinski definition) is 2. The van der Waals surface area contributed by atoms with Crippen molar-refractivity contribution >= 4 is 45.1 Å². The van der Waals surface area contributed by atoms with Crippen LogP contribution >= 0.6 is 23.2 Å². The number of amidine groups is 1. The summed E-state index contributed by atoms with van der Waals surface area (Å²) in [7, 11) is -3.84. The smallest absolute Gasteiger partial charge is 0.277 e. The summed E-state index contributed by atoms with van der Waals surface area (Å²) in [6, 6.07) is 13.4. The van der Waals surface area contributed by atoms with Crippen LogP contribution in [0.1, 0.15) is 11.1 Å². The first-order valence-corrected chi connectivity index (χ1v) is 8.42. The van der Waals surface area contributed by atoms with Crippen molar-refractivity contribution in [2.24, 2.45) is 10.1 Å². The lowest BCUT2D eigenvalue weighted by atomic mass is 10.2. The van der Waals surface area contributed by atoms with E-state index in [1.54, 1.807) is 48.5 Å². The number of hydrogen-bond donors (Lipinski definition) is 1. The Hall–Kier alpha value is -1.82. The molecule has 0 radical (unpaired) electrons. The molecular formula is C15H12Cl2N2O2S. The highest BCUT2D eigenvalue weighted by Crippen LogP contribution is 2.23. The third-order valence-electron chi connectivity index (χ3n) is 2.67. The summed E-state index contributed by atoms with van der Waals surface area (Å²) in [5, 5.41) is 1.70. The molecule has 0 aliphatic heterocycles. The van der Waals surface area contributed by atoms with E-state index in [-0.39, 0.29) is 5.84 Å². The molecule has 0 aliphatic rings. The molecule has 2 aromatic carbocycles. The van der Waals surface area contributed by atoms with Gasteiger partial charge in [-0.3, -0.25) is 0 Å². The molecule has 0 fully saturated rings. The molecular weight excluding hydrogens is 343 g/mol. The van der Waals surface area contributed by atoms with Crippen LogP contribution in [0.15, 0.2) is 58.3 Å². The van der Waals surface area contributed by atoms with Gasteiger partial charge in [-0.25, -0.2) is 0 Å². The van der Waals surface area contributed by atoms with E-state index < -0.39 is 10.0 Å². The van der Waals surface area contributed by atoms with Gasteiger partial charge < -0.3 is 5.73 Å². The molecule has 0 spiro atoms. The van der Waals surface area contributed by atoms with E-state index in [4.69, 9.17) is 28.9 Å². The zero-order valence-corrected chi connectivity index (χ0v) is 13.6. The number of nitrogens with zero attached hydrogens (tertiary/aromatic N) is 1. The van der Waals surface area contributed by atoms with Crippen molar-refractivity contribution in [3.05, 3.63) is 75.1 Å². The fraction of sp³-hybridized carbons (Fsp3) is 0. The highest BCUT2D eigenvalue weighted by atomic mass is 35.5. The van der Waals surface area contributed by atoms with Crippen LogP contribution < -0.4 is 5.73 Å². The van der Waals surface area contributed by atoms with Gasteiger partial charge in [-0.2, -0.15) is 8.42 Å². The maximum absolute atomic E-state index is 11.9. The highest BCUT2D eigenvalue weighted by molar-refractivity contribution is 7.93. The van der Waals surface area contributed by atoms with E-state index in [0.717, 1.165) is 5.41 Å². The lowest BCUT2D eigenvalue weighted by molar-refractivity contribution is 0.606. The van der Waals surface area contributed by atoms with Gasteiger partial charge in [0.2, 0.25) is 0 Å². The molecule has 2 N–H and O–H groups in total. The molecule has 0 amide bonds. The van der Waals surface area contributed by atoms with Gasteiger partial charge in [0, 0.05) is 5.56 Å². The number of sulfonamides is 1. The topological polar surface area (TPSA) is 72.5 Å². The normalized spacial score (nSPS) is 12.7. The second-order valence-electron chi connectivity index (χ2n) is 4.33. The lowest BCUT2D eigenvalue weighted by Crippen LogP contribution is -2.15. The van der Waals surface area contributed by atoms with Gasteiger partial charge in [0.15, 0.2) is 0 Å². The molecule has 0 atom stereocenters. The zero-order valence-electron chi connectivity index (χ0n) is 11.3. The van der Waals surface area contributed by atoms with E-state index in [2.05, 4.69) is 4.40 Å². The fourth-order valence-corrected chi connectivity index (χ4v) is 2.69. The van der Waals surface area contributed by atoms with E-state index in [1.807, 2.05) is 0 Å². The predicted molar refractivity (Wildman–Crippen MR) is 91.6 cm³/mol. The molecule has 2 aromatic rings. The Labute approximate surface area is 138 Å². The predicted octanol–water partition coefficient (Wildman–Crippen LogP) is 3.70. The third-order valence-corrected chi connectivity index (χ3v) is 4.34. The standard InChI is InChI=1S/C15H12Cl2N2O2S/c16-13-7-6-11(10-14(13)17)8-9-22(20,21)19-15(18)12-4-2-1-3-5-12/h1-10H,(H2,18,19)/b9-8+. The summed E-state index contributed by atoms with van der Waals surface area (Å²) >= 11 is 11.7. The average molecular weight is 355 g/mol. The van der Waals surface area contributed by atoms with E-state index in [9.17, 15) is 8.42 Å². The van der Waals surface area contributed by atoms with Gasteiger partial charge in [-0.05, 0) is 23.8 Å². The molecule has 0 saturated carbocycles. The van der Waals surface area contributed by atoms with Crippen molar-refractivity contribution in [1.82, 2.24) is 0 Å². The zero-order chi connectivity index (χ0) is 16.2. The number of halogens is 2. The molecule has 0 unspecified atom stereocenters. The lowest BCUT2D eigenvalue weighted by Gasteiger charge is -2.00. The van der Waals surface area contributed by atoms with Crippen molar-refractivity contribution in [1.29, 1.82) is 0 Å². The molecule has 4 nitrogen and oxygen atoms in total. The largest absolute Gasteiger partial charge is 0.383 e. The van der Waals surface area contributed by atoms with Gasteiger partial charge >= 0.3 is 0 Å². The van der Waals surface area contributed by atoms with Crippen LogP contribution in [0.4, 0.5) is 0 Å². The van der Waals surface area contributed by atoms with E-state index in [0.29, 0.717) is 21.2 Å². The Morgan fingerprint density at radius 2 is 1.73 bits per heavy atom. The van der Waals surface area contributed by atoms with Crippen LogP contribution in [-0.2, 0) is 10.0 Å². The van der Waals surface area contributed by atoms with Gasteiger partial charge in [-0.1, -0.05) is 59.6 Å². The summed E-state index contributed by atoms with van der Waals surface area (Å²) < 4.78 is 27.4. The Bertz CT molecular complexity index is 832. The maximum Gasteiger partial charge on any atom is 0.277 e. The molecule has 7 heteroatoms. The third kappa shape index (κ3) is 4.59. The van der Waals surface area contributed by atoms with Crippen LogP contribution in [0.5, 0.6) is 0 Å². The van der Waals surface area contributed by atoms with Gasteiger partial charge in [0.05, 0.1) is 15.5 Å². The summed E-state index contributed by atoms with van der Waals surface area (Å²) in [4.78, 5) is 0. The van der Waals surface area contributed by atoms with Crippen LogP contribution in [0.25, 0.3) is 6.08 Å². The first-order valence-electron chi connectivity index (χ1n) is 6.16. The van der Waals surface area contributed by atoms with Crippen molar-refractivity contribution in [2.75, 3.05) is 0 Å². The maximum atomic E-state index is 11.9. The van der Waals surface area contributed by atoms with Gasteiger partial charge in [0.25, 0.3) is 10.0 Å². The molecule has 0 heterocycles. The second-order valence-corrected chi connectivity index (χ2v) is 6.63. The number of rotatable bonds is 4. The fourth-order valence-electron chi connectivity index (χ4n) is 1.61. The quantitative estimate of drug-likeness (QED) is 0.671. The van der Waals surface area contributed by atoms with Gasteiger partial charge in [0.1, 0.15) is 5.84 Å². The number of nitrogens with two attached hydrogens (primary N) is 1. The average Bonchev–Trinajstić information content (AvgIpc) is 2.49. The first kappa shape index (κ1) is 16.5. The molecule has 0 saturated heterocycles. The number of benzene rings is 2. The Morgan fingerprint density at radius 3 is 2.36 bits per heavy atom. The molecule has 0 aliphatic carbocycles. The SMILES string of the molecule is NC(=NS(=O)(=O)/C=C/c1ccc(Cl)c(Cl)c1)c1ccccc1. The second kappa shape index (κ2) is 6.96. The molecule has 114 valence electrons. The monoisotopic (exact) mass is 354 g/mol. The summed E-state index contributed by atoms with van der Waals surface area (Å²) in [5.74, 6) is -0.0700. The minimum absolute atomic E-state index is 0.0700. The molecule has 0 bridgehead atoms. The Balaban J connectivity index is 2.24. The van der Waals surface area contributed by atoms with Crippen LogP contribution in [0, 0.1) is 0 Å². The molecule has 2 rings (SSSR count). The minimum Gasteiger partial charge on any atom is -0.383 e. The first-order chi connectivity index (χ1) is 10.4. The van der Waals surface area contributed by atoms with Crippen LogP contribution in [-0.4, -0.2) is 14.3 Å². The van der Waals surface area contributed by atoms with Crippen LogP contribution in [0.3, 0.4) is 0 Å². The van der Waals surface area contributed by atoms with E-state index >= 15 is 0 Å². The van der Waals surface area contributed by atoms with Crippen LogP contribution in [0.2, 0.25) is 10.0 Å². The Kier molecular flexibility index (Phi) is 5.24. The summed E-state index contributed by atoms with van der Waals surface area (Å²) in [6.45, 7) is 0. The summed E-state index contributed by atoms with van der Waals surface area (Å²) in [6.07, 6.45) is 1.37. The Morgan fingerprint density at radius 1 is 1.05 bits per heavy atom. The van der Waals surface area contributed by atoms with Crippen molar-refractivity contribution in [2.45, 2.75) is 0 Å². The minimum atomic E-state index is -3.84. The van der Waals surface area contributed by atoms with Crippen molar-refractivity contribution < 1.29 is 8.42 Å². The van der Waals surface area contributed by atoms with E-state index in [1.165, 1.54) is 6.08 Å². The molecule has 0 aromatic heterocycles. The van der Waals surface area contributed by atoms with Crippen molar-refractivity contribution in [3.8, 4) is 0 Å². The van der Waals surface area contributed by atoms with Crippen molar-refractivity contribution in [3.63, 3.8) is 0 Å². The summed E-state index contributed by atoms with van der Waals surface area (Å²) in [5.41, 5.74) is 6.82. The highest BCUT2D eigenvalue weighted by Gasteiger charge is 2.06. The molecule has 22 heavy (non-hydrogen) atoms. The van der Waals surface area contributed by atoms with Gasteiger partial charge in [-0.15, -0.1) is 4.40 Å².